The summed E-state index contributed by atoms with van der Waals surface area (Å²) in [4.78, 5) is 27.7. The van der Waals surface area contributed by atoms with E-state index in [0.29, 0.717) is 11.1 Å². The normalized spacial score (nSPS) is 10.9. The fourth-order valence-corrected chi connectivity index (χ4v) is 3.52. The second-order valence-electron chi connectivity index (χ2n) is 7.48. The van der Waals surface area contributed by atoms with Crippen molar-refractivity contribution in [2.75, 3.05) is 0 Å². The van der Waals surface area contributed by atoms with Gasteiger partial charge < -0.3 is 14.9 Å². The Morgan fingerprint density at radius 3 is 2.36 bits per heavy atom. The molecule has 0 atom stereocenters. The van der Waals surface area contributed by atoms with Gasteiger partial charge in [-0.15, -0.1) is 0 Å². The van der Waals surface area contributed by atoms with E-state index in [1.807, 2.05) is 39.8 Å². The smallest absolute Gasteiger partial charge is 0.253 e. The molecule has 0 aliphatic carbocycles. The molecule has 5 nitrogen and oxygen atoms in total. The van der Waals surface area contributed by atoms with Gasteiger partial charge in [0.15, 0.2) is 0 Å². The van der Waals surface area contributed by atoms with Gasteiger partial charge in [-0.2, -0.15) is 0 Å². The molecule has 0 aliphatic heterocycles. The molecule has 0 saturated heterocycles. The molecule has 1 aromatic carbocycles. The van der Waals surface area contributed by atoms with Gasteiger partial charge in [-0.1, -0.05) is 29.8 Å². The van der Waals surface area contributed by atoms with E-state index in [0.717, 1.165) is 29.2 Å². The molecule has 0 spiro atoms. The molecule has 1 amide bonds. The number of pyridine rings is 1. The van der Waals surface area contributed by atoms with Crippen LogP contribution in [-0.2, 0) is 13.1 Å². The summed E-state index contributed by atoms with van der Waals surface area (Å²) in [5, 5.41) is 2.90. The molecule has 2 N–H and O–H groups in total. The van der Waals surface area contributed by atoms with Crippen molar-refractivity contribution in [3.8, 4) is 0 Å². The molecule has 5 heteroatoms. The molecule has 0 unspecified atom stereocenters. The SMILES string of the molecule is Cc1ccc(Cn2c(C)cc(C(=O)NCc3c(C)cc(C)[nH]c3=O)c2C)cc1. The van der Waals surface area contributed by atoms with Gasteiger partial charge in [-0.25, -0.2) is 0 Å². The maximum Gasteiger partial charge on any atom is 0.253 e. The number of H-pyrrole nitrogens is 1. The summed E-state index contributed by atoms with van der Waals surface area (Å²) in [7, 11) is 0. The lowest BCUT2D eigenvalue weighted by Crippen LogP contribution is -2.28. The number of aromatic amines is 1. The van der Waals surface area contributed by atoms with Crippen LogP contribution < -0.4 is 10.9 Å². The Morgan fingerprint density at radius 1 is 1.04 bits per heavy atom. The first kappa shape index (κ1) is 19.7. The average Bonchev–Trinajstić information content (AvgIpc) is 2.90. The first-order chi connectivity index (χ1) is 13.3. The van der Waals surface area contributed by atoms with Crippen LogP contribution in [0.2, 0.25) is 0 Å². The first-order valence-electron chi connectivity index (χ1n) is 9.46. The van der Waals surface area contributed by atoms with Crippen LogP contribution in [0.3, 0.4) is 0 Å². The maximum atomic E-state index is 12.8. The van der Waals surface area contributed by atoms with Crippen molar-refractivity contribution in [1.29, 1.82) is 0 Å². The summed E-state index contributed by atoms with van der Waals surface area (Å²) in [6, 6.07) is 12.2. The van der Waals surface area contributed by atoms with Gasteiger partial charge in [-0.05, 0) is 57.9 Å². The van der Waals surface area contributed by atoms with Crippen molar-refractivity contribution >= 4 is 5.91 Å². The van der Waals surface area contributed by atoms with Gasteiger partial charge in [0.2, 0.25) is 0 Å². The number of nitrogens with one attached hydrogen (secondary N) is 2. The van der Waals surface area contributed by atoms with Crippen molar-refractivity contribution in [1.82, 2.24) is 14.9 Å². The number of carbonyl (C=O) groups excluding carboxylic acids is 1. The lowest BCUT2D eigenvalue weighted by Gasteiger charge is -2.11. The number of hydrogen-bond acceptors (Lipinski definition) is 2. The molecule has 0 aliphatic rings. The lowest BCUT2D eigenvalue weighted by molar-refractivity contribution is 0.0950. The summed E-state index contributed by atoms with van der Waals surface area (Å²) in [5.41, 5.74) is 7.16. The van der Waals surface area contributed by atoms with E-state index in [9.17, 15) is 9.59 Å². The van der Waals surface area contributed by atoms with Crippen LogP contribution in [0.4, 0.5) is 0 Å². The zero-order chi connectivity index (χ0) is 20.4. The second-order valence-corrected chi connectivity index (χ2v) is 7.48. The number of rotatable bonds is 5. The van der Waals surface area contributed by atoms with E-state index in [2.05, 4.69) is 46.1 Å². The second kappa shape index (κ2) is 7.89. The number of aryl methyl sites for hydroxylation is 4. The number of aromatic nitrogens is 2. The van der Waals surface area contributed by atoms with Gasteiger partial charge >= 0.3 is 0 Å². The Morgan fingerprint density at radius 2 is 1.71 bits per heavy atom. The van der Waals surface area contributed by atoms with E-state index in [1.165, 1.54) is 11.1 Å². The van der Waals surface area contributed by atoms with Crippen molar-refractivity contribution in [3.05, 3.63) is 91.7 Å². The monoisotopic (exact) mass is 377 g/mol. The van der Waals surface area contributed by atoms with Crippen molar-refractivity contribution in [2.24, 2.45) is 0 Å². The van der Waals surface area contributed by atoms with Crippen LogP contribution in [0.5, 0.6) is 0 Å². The fraction of sp³-hybridized carbons (Fsp3) is 0.304. The van der Waals surface area contributed by atoms with E-state index in [1.54, 1.807) is 0 Å². The third-order valence-corrected chi connectivity index (χ3v) is 5.20. The highest BCUT2D eigenvalue weighted by molar-refractivity contribution is 5.95. The van der Waals surface area contributed by atoms with Gasteiger partial charge in [0.05, 0.1) is 5.56 Å². The average molecular weight is 377 g/mol. The molecule has 2 aromatic heterocycles. The topological polar surface area (TPSA) is 66.9 Å². The Bertz CT molecular complexity index is 1070. The maximum absolute atomic E-state index is 12.8. The highest BCUT2D eigenvalue weighted by Gasteiger charge is 2.16. The molecule has 3 rings (SSSR count). The zero-order valence-corrected chi connectivity index (χ0v) is 17.1. The predicted molar refractivity (Wildman–Crippen MR) is 112 cm³/mol. The van der Waals surface area contributed by atoms with Crippen molar-refractivity contribution in [2.45, 2.75) is 47.7 Å². The van der Waals surface area contributed by atoms with Gasteiger partial charge in [0, 0.05) is 35.7 Å². The van der Waals surface area contributed by atoms with Crippen LogP contribution in [0.1, 0.15) is 49.7 Å². The Balaban J connectivity index is 1.78. The summed E-state index contributed by atoms with van der Waals surface area (Å²) in [6.45, 7) is 10.7. The molecule has 0 bridgehead atoms. The number of nitrogens with zero attached hydrogens (tertiary/aromatic N) is 1. The van der Waals surface area contributed by atoms with Crippen LogP contribution in [0.25, 0.3) is 0 Å². The van der Waals surface area contributed by atoms with E-state index >= 15 is 0 Å². The quantitative estimate of drug-likeness (QED) is 0.712. The van der Waals surface area contributed by atoms with E-state index in [4.69, 9.17) is 0 Å². The molecule has 0 radical (unpaired) electrons. The summed E-state index contributed by atoms with van der Waals surface area (Å²) >= 11 is 0. The largest absolute Gasteiger partial charge is 0.348 e. The number of benzene rings is 1. The minimum Gasteiger partial charge on any atom is -0.348 e. The third-order valence-electron chi connectivity index (χ3n) is 5.20. The molecular weight excluding hydrogens is 350 g/mol. The molecule has 2 heterocycles. The first-order valence-corrected chi connectivity index (χ1v) is 9.46. The van der Waals surface area contributed by atoms with Crippen molar-refractivity contribution in [3.63, 3.8) is 0 Å². The molecule has 3 aromatic rings. The Kier molecular flexibility index (Phi) is 5.54. The van der Waals surface area contributed by atoms with Gasteiger partial charge in [0.1, 0.15) is 0 Å². The summed E-state index contributed by atoms with van der Waals surface area (Å²) < 4.78 is 2.14. The number of amides is 1. The third kappa shape index (κ3) is 4.09. The van der Waals surface area contributed by atoms with Gasteiger partial charge in [0.25, 0.3) is 11.5 Å². The molecule has 146 valence electrons. The van der Waals surface area contributed by atoms with E-state index in [-0.39, 0.29) is 18.0 Å². The highest BCUT2D eigenvalue weighted by Crippen LogP contribution is 2.18. The molecule has 28 heavy (non-hydrogen) atoms. The van der Waals surface area contributed by atoms with Crippen molar-refractivity contribution < 1.29 is 4.79 Å². The summed E-state index contributed by atoms with van der Waals surface area (Å²) in [6.07, 6.45) is 0. The Labute approximate surface area is 165 Å². The minimum atomic E-state index is -0.164. The highest BCUT2D eigenvalue weighted by atomic mass is 16.1. The minimum absolute atomic E-state index is 0.150. The summed E-state index contributed by atoms with van der Waals surface area (Å²) in [5.74, 6) is -0.164. The molecular formula is C23H27N3O2. The number of carbonyl (C=O) groups is 1. The zero-order valence-electron chi connectivity index (χ0n) is 17.1. The number of hydrogen-bond donors (Lipinski definition) is 2. The Hall–Kier alpha value is -3.08. The van der Waals surface area contributed by atoms with Crippen LogP contribution in [-0.4, -0.2) is 15.5 Å². The van der Waals surface area contributed by atoms with Crippen LogP contribution in [0, 0.1) is 34.6 Å². The van der Waals surface area contributed by atoms with Crippen LogP contribution in [0.15, 0.2) is 41.2 Å². The fourth-order valence-electron chi connectivity index (χ4n) is 3.52. The standard InChI is InChI=1S/C23H27N3O2/c1-14-6-8-19(9-7-14)13-26-17(4)11-20(18(26)5)22(27)24-12-21-15(2)10-16(3)25-23(21)28/h6-11H,12-13H2,1-5H3,(H,24,27)(H,25,28). The van der Waals surface area contributed by atoms with E-state index < -0.39 is 0 Å². The lowest BCUT2D eigenvalue weighted by atomic mass is 10.1. The molecule has 0 fully saturated rings. The van der Waals surface area contributed by atoms with Gasteiger partial charge in [-0.3, -0.25) is 9.59 Å². The molecule has 0 saturated carbocycles. The van der Waals surface area contributed by atoms with Crippen LogP contribution >= 0.6 is 0 Å². The predicted octanol–water partition coefficient (Wildman–Crippen LogP) is 3.70.